The van der Waals surface area contributed by atoms with Crippen molar-refractivity contribution in [2.45, 2.75) is 25.7 Å². The number of hydrogen-bond donors (Lipinski definition) is 1. The number of aryl methyl sites for hydroxylation is 1. The molecule has 0 radical (unpaired) electrons. The summed E-state index contributed by atoms with van der Waals surface area (Å²) in [6.07, 6.45) is 1.63. The molecule has 0 aliphatic carbocycles. The minimum absolute atomic E-state index is 0.0157. The highest BCUT2D eigenvalue weighted by molar-refractivity contribution is 5.77. The second-order valence-electron chi connectivity index (χ2n) is 6.23. The number of likely N-dealkylation sites (tertiary alicyclic amines) is 1. The molecular formula is C18H21N3O5. The van der Waals surface area contributed by atoms with E-state index in [0.29, 0.717) is 44.1 Å². The molecule has 138 valence electrons. The molecule has 26 heavy (non-hydrogen) atoms. The van der Waals surface area contributed by atoms with E-state index in [0.717, 1.165) is 11.3 Å². The topological polar surface area (TPSA) is 106 Å². The van der Waals surface area contributed by atoms with Crippen LogP contribution in [0.25, 0.3) is 11.4 Å². The number of methoxy groups -OCH3 is 1. The maximum atomic E-state index is 12.3. The van der Waals surface area contributed by atoms with Gasteiger partial charge in [0.05, 0.1) is 13.0 Å². The average molecular weight is 359 g/mol. The predicted octanol–water partition coefficient (Wildman–Crippen LogP) is 2.00. The van der Waals surface area contributed by atoms with Gasteiger partial charge in [0.2, 0.25) is 17.6 Å². The SMILES string of the molecule is COc1ccc(-c2noc(CCC(=O)N3CCC(C(=O)O)CC3)n2)cc1. The Balaban J connectivity index is 1.51. The van der Waals surface area contributed by atoms with Crippen molar-refractivity contribution in [3.63, 3.8) is 0 Å². The molecule has 8 heteroatoms. The summed E-state index contributed by atoms with van der Waals surface area (Å²) in [4.78, 5) is 29.3. The highest BCUT2D eigenvalue weighted by atomic mass is 16.5. The molecule has 0 saturated carbocycles. The zero-order valence-corrected chi connectivity index (χ0v) is 14.6. The Morgan fingerprint density at radius 1 is 1.27 bits per heavy atom. The van der Waals surface area contributed by atoms with Crippen LogP contribution < -0.4 is 4.74 Å². The van der Waals surface area contributed by atoms with E-state index in [1.165, 1.54) is 0 Å². The molecule has 1 saturated heterocycles. The molecule has 2 aromatic rings. The Labute approximate surface area is 150 Å². The molecule has 2 heterocycles. The van der Waals surface area contributed by atoms with Crippen LogP contribution in [0.3, 0.4) is 0 Å². The third-order valence-electron chi connectivity index (χ3n) is 4.57. The summed E-state index contributed by atoms with van der Waals surface area (Å²) in [5.41, 5.74) is 0.808. The number of aromatic nitrogens is 2. The highest BCUT2D eigenvalue weighted by Crippen LogP contribution is 2.21. The van der Waals surface area contributed by atoms with Crippen molar-refractivity contribution >= 4 is 11.9 Å². The Hall–Kier alpha value is -2.90. The van der Waals surface area contributed by atoms with E-state index in [1.807, 2.05) is 24.3 Å². The number of carboxylic acids is 1. The van der Waals surface area contributed by atoms with Gasteiger partial charge >= 0.3 is 5.97 Å². The molecule has 1 N–H and O–H groups in total. The van der Waals surface area contributed by atoms with E-state index in [4.69, 9.17) is 14.4 Å². The van der Waals surface area contributed by atoms with Gasteiger partial charge in [-0.3, -0.25) is 9.59 Å². The molecule has 1 fully saturated rings. The Morgan fingerprint density at radius 3 is 2.58 bits per heavy atom. The van der Waals surface area contributed by atoms with Gasteiger partial charge in [0, 0.05) is 31.5 Å². The number of hydrogen-bond acceptors (Lipinski definition) is 6. The van der Waals surface area contributed by atoms with E-state index >= 15 is 0 Å². The standard InChI is InChI=1S/C18H21N3O5/c1-25-14-4-2-12(3-5-14)17-19-15(26-20-17)6-7-16(22)21-10-8-13(9-11-21)18(23)24/h2-5,13H,6-11H2,1H3,(H,23,24). The van der Waals surface area contributed by atoms with Gasteiger partial charge in [-0.1, -0.05) is 5.16 Å². The number of rotatable bonds is 6. The number of carbonyl (C=O) groups is 2. The van der Waals surface area contributed by atoms with Gasteiger partial charge in [-0.05, 0) is 37.1 Å². The van der Waals surface area contributed by atoms with E-state index in [9.17, 15) is 9.59 Å². The monoisotopic (exact) mass is 359 g/mol. The largest absolute Gasteiger partial charge is 0.497 e. The summed E-state index contributed by atoms with van der Waals surface area (Å²) in [5, 5.41) is 12.9. The second kappa shape index (κ2) is 7.99. The fourth-order valence-electron chi connectivity index (χ4n) is 2.96. The van der Waals surface area contributed by atoms with Gasteiger partial charge in [-0.2, -0.15) is 4.98 Å². The van der Waals surface area contributed by atoms with Gasteiger partial charge in [-0.25, -0.2) is 0 Å². The van der Waals surface area contributed by atoms with Crippen LogP contribution in [0.4, 0.5) is 0 Å². The average Bonchev–Trinajstić information content (AvgIpc) is 3.15. The number of benzene rings is 1. The van der Waals surface area contributed by atoms with Crippen LogP contribution >= 0.6 is 0 Å². The Bertz CT molecular complexity index is 763. The summed E-state index contributed by atoms with van der Waals surface area (Å²) in [7, 11) is 1.60. The van der Waals surface area contributed by atoms with Crippen molar-refractivity contribution in [3.05, 3.63) is 30.2 Å². The van der Waals surface area contributed by atoms with Crippen molar-refractivity contribution < 1.29 is 24.0 Å². The predicted molar refractivity (Wildman–Crippen MR) is 91.5 cm³/mol. The normalized spacial score (nSPS) is 15.0. The molecule has 1 aromatic carbocycles. The first kappa shape index (κ1) is 17.9. The smallest absolute Gasteiger partial charge is 0.306 e. The van der Waals surface area contributed by atoms with E-state index in [1.54, 1.807) is 12.0 Å². The van der Waals surface area contributed by atoms with Crippen molar-refractivity contribution in [2.24, 2.45) is 5.92 Å². The first-order valence-electron chi connectivity index (χ1n) is 8.54. The lowest BCUT2D eigenvalue weighted by Crippen LogP contribution is -2.40. The number of carbonyl (C=O) groups excluding carboxylic acids is 1. The maximum absolute atomic E-state index is 12.3. The zero-order valence-electron chi connectivity index (χ0n) is 14.6. The van der Waals surface area contributed by atoms with Crippen LogP contribution in [-0.2, 0) is 16.0 Å². The summed E-state index contributed by atoms with van der Waals surface area (Å²) in [5.74, 6) is 0.478. The van der Waals surface area contributed by atoms with E-state index < -0.39 is 5.97 Å². The second-order valence-corrected chi connectivity index (χ2v) is 6.23. The maximum Gasteiger partial charge on any atom is 0.306 e. The van der Waals surface area contributed by atoms with Crippen LogP contribution in [0.5, 0.6) is 5.75 Å². The van der Waals surface area contributed by atoms with Gasteiger partial charge in [0.25, 0.3) is 0 Å². The van der Waals surface area contributed by atoms with Crippen LogP contribution in [0.1, 0.15) is 25.2 Å². The number of ether oxygens (including phenoxy) is 1. The van der Waals surface area contributed by atoms with Crippen molar-refractivity contribution in [2.75, 3.05) is 20.2 Å². The van der Waals surface area contributed by atoms with Gasteiger partial charge < -0.3 is 19.3 Å². The molecule has 0 atom stereocenters. The summed E-state index contributed by atoms with van der Waals surface area (Å²) in [6, 6.07) is 7.31. The Morgan fingerprint density at radius 2 is 1.96 bits per heavy atom. The summed E-state index contributed by atoms with van der Waals surface area (Å²) < 4.78 is 10.3. The lowest BCUT2D eigenvalue weighted by Gasteiger charge is -2.30. The molecule has 1 aromatic heterocycles. The highest BCUT2D eigenvalue weighted by Gasteiger charge is 2.27. The van der Waals surface area contributed by atoms with Gasteiger partial charge in [0.1, 0.15) is 5.75 Å². The number of carboxylic acid groups (broad SMARTS) is 1. The molecular weight excluding hydrogens is 338 g/mol. The molecule has 3 rings (SSSR count). The fraction of sp³-hybridized carbons (Fsp3) is 0.444. The third kappa shape index (κ3) is 4.19. The van der Waals surface area contributed by atoms with Gasteiger partial charge in [0.15, 0.2) is 0 Å². The van der Waals surface area contributed by atoms with Crippen LogP contribution in [0.2, 0.25) is 0 Å². The fourth-order valence-corrected chi connectivity index (χ4v) is 2.96. The van der Waals surface area contributed by atoms with E-state index in [2.05, 4.69) is 10.1 Å². The summed E-state index contributed by atoms with van der Waals surface area (Å²) >= 11 is 0. The zero-order chi connectivity index (χ0) is 18.5. The van der Waals surface area contributed by atoms with Crippen LogP contribution in [-0.4, -0.2) is 52.2 Å². The minimum atomic E-state index is -0.783. The third-order valence-corrected chi connectivity index (χ3v) is 4.57. The number of amides is 1. The molecule has 1 amide bonds. The first-order valence-corrected chi connectivity index (χ1v) is 8.54. The number of aliphatic carboxylic acids is 1. The number of piperidine rings is 1. The molecule has 1 aliphatic rings. The van der Waals surface area contributed by atoms with Crippen molar-refractivity contribution in [3.8, 4) is 17.1 Å². The summed E-state index contributed by atoms with van der Waals surface area (Å²) in [6.45, 7) is 0.966. The lowest BCUT2D eigenvalue weighted by atomic mass is 9.97. The van der Waals surface area contributed by atoms with E-state index in [-0.39, 0.29) is 18.2 Å². The van der Waals surface area contributed by atoms with Crippen LogP contribution in [0, 0.1) is 5.92 Å². The lowest BCUT2D eigenvalue weighted by molar-refractivity contribution is -0.145. The van der Waals surface area contributed by atoms with Gasteiger partial charge in [-0.15, -0.1) is 0 Å². The molecule has 1 aliphatic heterocycles. The van der Waals surface area contributed by atoms with Crippen molar-refractivity contribution in [1.29, 1.82) is 0 Å². The molecule has 0 spiro atoms. The van der Waals surface area contributed by atoms with Crippen molar-refractivity contribution in [1.82, 2.24) is 15.0 Å². The molecule has 8 nitrogen and oxygen atoms in total. The minimum Gasteiger partial charge on any atom is -0.497 e. The molecule has 0 unspecified atom stereocenters. The Kier molecular flexibility index (Phi) is 5.50. The number of nitrogens with zero attached hydrogens (tertiary/aromatic N) is 3. The first-order chi connectivity index (χ1) is 12.6. The quantitative estimate of drug-likeness (QED) is 0.841. The van der Waals surface area contributed by atoms with Crippen LogP contribution in [0.15, 0.2) is 28.8 Å². The molecule has 0 bridgehead atoms.